The van der Waals surface area contributed by atoms with Gasteiger partial charge in [-0.15, -0.1) is 13.2 Å². The van der Waals surface area contributed by atoms with Gasteiger partial charge >= 0.3 is 12.4 Å². The molecule has 26 heavy (non-hydrogen) atoms. The minimum atomic E-state index is -4.78. The molecule has 4 nitrogen and oxygen atoms in total. The number of benzene rings is 2. The van der Waals surface area contributed by atoms with Crippen LogP contribution in [0.15, 0.2) is 48.5 Å². The van der Waals surface area contributed by atoms with Crippen LogP contribution in [0.5, 0.6) is 5.75 Å². The lowest BCUT2D eigenvalue weighted by molar-refractivity contribution is -0.274. The normalized spacial score (nSPS) is 11.8. The summed E-state index contributed by atoms with van der Waals surface area (Å²) in [6, 6.07) is 12.5. The van der Waals surface area contributed by atoms with Crippen LogP contribution in [0.2, 0.25) is 0 Å². The molecule has 0 spiro atoms. The van der Waals surface area contributed by atoms with Gasteiger partial charge in [0.25, 0.3) is 0 Å². The summed E-state index contributed by atoms with van der Waals surface area (Å²) in [6.07, 6.45) is -4.78. The second kappa shape index (κ2) is 7.68. The molecule has 140 valence electrons. The van der Waals surface area contributed by atoms with Crippen molar-refractivity contribution in [2.45, 2.75) is 39.1 Å². The summed E-state index contributed by atoms with van der Waals surface area (Å²) in [5.74, 6) is -0.338. The summed E-state index contributed by atoms with van der Waals surface area (Å²) in [4.78, 5) is 12.0. The number of para-hydroxylation sites is 1. The molecule has 0 aliphatic rings. The molecule has 2 rings (SSSR count). The van der Waals surface area contributed by atoms with Crippen LogP contribution < -0.4 is 15.4 Å². The van der Waals surface area contributed by atoms with E-state index in [1.165, 1.54) is 18.2 Å². The van der Waals surface area contributed by atoms with Crippen molar-refractivity contribution in [3.05, 3.63) is 59.7 Å². The molecule has 0 fully saturated rings. The highest BCUT2D eigenvalue weighted by Crippen LogP contribution is 2.26. The van der Waals surface area contributed by atoms with Crippen LogP contribution in [-0.4, -0.2) is 12.4 Å². The van der Waals surface area contributed by atoms with Gasteiger partial charge in [-0.25, -0.2) is 4.79 Å². The summed E-state index contributed by atoms with van der Waals surface area (Å²) in [5, 5.41) is 5.17. The fourth-order valence-corrected chi connectivity index (χ4v) is 2.28. The zero-order valence-corrected chi connectivity index (χ0v) is 14.8. The Bertz CT molecular complexity index is 751. The molecule has 2 N–H and O–H groups in total. The van der Waals surface area contributed by atoms with E-state index >= 15 is 0 Å². The zero-order chi connectivity index (χ0) is 19.4. The van der Waals surface area contributed by atoms with Gasteiger partial charge in [0.05, 0.1) is 0 Å². The van der Waals surface area contributed by atoms with Gasteiger partial charge in [-0.05, 0) is 29.2 Å². The van der Waals surface area contributed by atoms with Gasteiger partial charge in [0.2, 0.25) is 0 Å². The van der Waals surface area contributed by atoms with Gasteiger partial charge < -0.3 is 15.4 Å². The third-order valence-corrected chi connectivity index (χ3v) is 3.65. The first-order valence-electron chi connectivity index (χ1n) is 8.04. The van der Waals surface area contributed by atoms with Crippen molar-refractivity contribution < 1.29 is 22.7 Å². The third-order valence-electron chi connectivity index (χ3n) is 3.65. The molecule has 0 saturated carbocycles. The van der Waals surface area contributed by atoms with Gasteiger partial charge in [-0.3, -0.25) is 0 Å². The van der Waals surface area contributed by atoms with E-state index in [-0.39, 0.29) is 23.3 Å². The summed E-state index contributed by atoms with van der Waals surface area (Å²) >= 11 is 0. The Kier molecular flexibility index (Phi) is 5.79. The Balaban J connectivity index is 1.95. The molecule has 0 heterocycles. The highest BCUT2D eigenvalue weighted by molar-refractivity contribution is 5.89. The number of hydrogen-bond acceptors (Lipinski definition) is 2. The summed E-state index contributed by atoms with van der Waals surface area (Å²) in [5.41, 5.74) is 1.95. The lowest BCUT2D eigenvalue weighted by Crippen LogP contribution is -2.28. The molecule has 2 aromatic carbocycles. The van der Waals surface area contributed by atoms with Crippen LogP contribution in [0.3, 0.4) is 0 Å². The lowest BCUT2D eigenvalue weighted by Gasteiger charge is -2.19. The summed E-state index contributed by atoms with van der Waals surface area (Å²) in [7, 11) is 0. The van der Waals surface area contributed by atoms with Crippen LogP contribution in [0.25, 0.3) is 0 Å². The largest absolute Gasteiger partial charge is 0.573 e. The summed E-state index contributed by atoms with van der Waals surface area (Å²) in [6.45, 7) is 6.16. The fourth-order valence-electron chi connectivity index (χ4n) is 2.28. The maximum atomic E-state index is 12.4. The molecule has 0 bridgehead atoms. The number of rotatable bonds is 4. The molecule has 0 radical (unpaired) electrons. The predicted octanol–water partition coefficient (Wildman–Crippen LogP) is 5.20. The Morgan fingerprint density at radius 1 is 1.00 bits per heavy atom. The van der Waals surface area contributed by atoms with Crippen molar-refractivity contribution in [3.8, 4) is 5.75 Å². The Morgan fingerprint density at radius 2 is 1.62 bits per heavy atom. The van der Waals surface area contributed by atoms with E-state index in [0.717, 1.165) is 5.56 Å². The van der Waals surface area contributed by atoms with Gasteiger partial charge in [0.15, 0.2) is 0 Å². The number of carbonyl (C=O) groups is 1. The first-order valence-corrected chi connectivity index (χ1v) is 8.04. The van der Waals surface area contributed by atoms with Gasteiger partial charge in [-0.1, -0.05) is 51.1 Å². The highest BCUT2D eigenvalue weighted by atomic mass is 19.4. The Morgan fingerprint density at radius 3 is 2.19 bits per heavy atom. The SMILES string of the molecule is CC(C)(C)c1ccc(NC(=O)NCc2ccccc2OC(F)(F)F)cc1. The molecular formula is C19H21F3N2O2. The third kappa shape index (κ3) is 5.98. The number of alkyl halides is 3. The minimum Gasteiger partial charge on any atom is -0.405 e. The number of hydrogen-bond donors (Lipinski definition) is 2. The smallest absolute Gasteiger partial charge is 0.405 e. The van der Waals surface area contributed by atoms with Crippen molar-refractivity contribution in [2.75, 3.05) is 5.32 Å². The molecule has 0 aliphatic heterocycles. The lowest BCUT2D eigenvalue weighted by atomic mass is 9.87. The zero-order valence-electron chi connectivity index (χ0n) is 14.8. The molecule has 2 aromatic rings. The van der Waals surface area contributed by atoms with E-state index in [1.54, 1.807) is 18.2 Å². The molecule has 2 amide bonds. The van der Waals surface area contributed by atoms with Gasteiger partial charge in [0, 0.05) is 17.8 Å². The van der Waals surface area contributed by atoms with Crippen LogP contribution in [0.1, 0.15) is 31.9 Å². The molecule has 0 aliphatic carbocycles. The second-order valence-electron chi connectivity index (χ2n) is 6.79. The van der Waals surface area contributed by atoms with Crippen molar-refractivity contribution in [1.82, 2.24) is 5.32 Å². The van der Waals surface area contributed by atoms with E-state index in [1.807, 2.05) is 12.1 Å². The number of halogens is 3. The van der Waals surface area contributed by atoms with Crippen molar-refractivity contribution >= 4 is 11.7 Å². The van der Waals surface area contributed by atoms with Crippen molar-refractivity contribution in [1.29, 1.82) is 0 Å². The molecule has 0 atom stereocenters. The van der Waals surface area contributed by atoms with Crippen LogP contribution in [-0.2, 0) is 12.0 Å². The van der Waals surface area contributed by atoms with Crippen molar-refractivity contribution in [3.63, 3.8) is 0 Å². The number of urea groups is 1. The topological polar surface area (TPSA) is 50.4 Å². The number of anilines is 1. The van der Waals surface area contributed by atoms with E-state index in [9.17, 15) is 18.0 Å². The molecule has 0 saturated heterocycles. The van der Waals surface area contributed by atoms with Gasteiger partial charge in [0.1, 0.15) is 5.75 Å². The first-order chi connectivity index (χ1) is 12.0. The van der Waals surface area contributed by atoms with Crippen LogP contribution in [0, 0.1) is 0 Å². The number of amides is 2. The first kappa shape index (κ1) is 19.6. The average Bonchev–Trinajstić information content (AvgIpc) is 2.52. The summed E-state index contributed by atoms with van der Waals surface area (Å²) < 4.78 is 41.2. The predicted molar refractivity (Wildman–Crippen MR) is 94.1 cm³/mol. The van der Waals surface area contributed by atoms with E-state index in [4.69, 9.17) is 0 Å². The molecule has 0 unspecified atom stereocenters. The number of carbonyl (C=O) groups excluding carboxylic acids is 1. The van der Waals surface area contributed by atoms with Crippen LogP contribution in [0.4, 0.5) is 23.7 Å². The Labute approximate surface area is 150 Å². The standard InChI is InChI=1S/C19H21F3N2O2/c1-18(2,3)14-8-10-15(11-9-14)24-17(25)23-12-13-6-4-5-7-16(13)26-19(20,21)22/h4-11H,12H2,1-3H3,(H2,23,24,25). The second-order valence-corrected chi connectivity index (χ2v) is 6.79. The quantitative estimate of drug-likeness (QED) is 0.781. The van der Waals surface area contributed by atoms with Gasteiger partial charge in [-0.2, -0.15) is 0 Å². The molecule has 0 aromatic heterocycles. The molecular weight excluding hydrogens is 345 g/mol. The monoisotopic (exact) mass is 366 g/mol. The number of nitrogens with one attached hydrogen (secondary N) is 2. The maximum absolute atomic E-state index is 12.4. The Hall–Kier alpha value is -2.70. The molecule has 7 heteroatoms. The van der Waals surface area contributed by atoms with Crippen LogP contribution >= 0.6 is 0 Å². The number of ether oxygens (including phenoxy) is 1. The minimum absolute atomic E-state index is 0.00296. The highest BCUT2D eigenvalue weighted by Gasteiger charge is 2.31. The van der Waals surface area contributed by atoms with E-state index in [2.05, 4.69) is 36.1 Å². The average molecular weight is 366 g/mol. The fraction of sp³-hybridized carbons (Fsp3) is 0.316. The van der Waals surface area contributed by atoms with E-state index < -0.39 is 12.4 Å². The maximum Gasteiger partial charge on any atom is 0.573 e. The van der Waals surface area contributed by atoms with E-state index in [0.29, 0.717) is 5.69 Å². The van der Waals surface area contributed by atoms with Crippen molar-refractivity contribution in [2.24, 2.45) is 0 Å².